The molecule has 0 aliphatic rings. The molecule has 0 amide bonds. The minimum atomic E-state index is -0.475. The first-order chi connectivity index (χ1) is 13.5. The van der Waals surface area contributed by atoms with Crippen LogP contribution in [0, 0.1) is 0 Å². The van der Waals surface area contributed by atoms with Crippen molar-refractivity contribution < 1.29 is 19.0 Å². The summed E-state index contributed by atoms with van der Waals surface area (Å²) >= 11 is 0. The fourth-order valence-corrected chi connectivity index (χ4v) is 2.74. The molecule has 0 radical (unpaired) electrons. The van der Waals surface area contributed by atoms with Crippen LogP contribution in [0.2, 0.25) is 0 Å². The molecular weight excluding hydrogens is 354 g/mol. The van der Waals surface area contributed by atoms with Gasteiger partial charge in [-0.15, -0.1) is 0 Å². The maximum Gasteiger partial charge on any atom is 0.342 e. The van der Waals surface area contributed by atoms with E-state index in [1.165, 1.54) is 19.8 Å². The second-order valence-electron chi connectivity index (χ2n) is 6.35. The summed E-state index contributed by atoms with van der Waals surface area (Å²) in [6, 6.07) is 11.6. The molecule has 0 aliphatic carbocycles. The van der Waals surface area contributed by atoms with E-state index in [0.29, 0.717) is 34.9 Å². The Kier molecular flexibility index (Phi) is 7.69. The number of carbonyl (C=O) groups is 1. The van der Waals surface area contributed by atoms with Crippen LogP contribution >= 0.6 is 0 Å². The summed E-state index contributed by atoms with van der Waals surface area (Å²) < 4.78 is 16.2. The zero-order valence-corrected chi connectivity index (χ0v) is 17.0. The lowest BCUT2D eigenvalue weighted by Crippen LogP contribution is -2.11. The number of ether oxygens (including phenoxy) is 3. The van der Waals surface area contributed by atoms with E-state index >= 15 is 0 Å². The summed E-state index contributed by atoms with van der Waals surface area (Å²) in [4.78, 5) is 12.5. The van der Waals surface area contributed by atoms with Crippen LogP contribution in [-0.4, -0.2) is 33.8 Å². The van der Waals surface area contributed by atoms with Gasteiger partial charge in [0.1, 0.15) is 17.0 Å². The van der Waals surface area contributed by atoms with Crippen molar-refractivity contribution in [2.45, 2.75) is 13.8 Å². The Morgan fingerprint density at radius 1 is 1.04 bits per heavy atom. The molecule has 0 aromatic heterocycles. The number of allylic oxidation sites excluding steroid dienone is 1. The highest BCUT2D eigenvalue weighted by Gasteiger charge is 2.24. The molecule has 1 N–H and O–H groups in total. The van der Waals surface area contributed by atoms with Crippen LogP contribution in [0.25, 0.3) is 12.2 Å². The number of methoxy groups -OCH3 is 3. The number of hydrogen-bond acceptors (Lipinski definition) is 5. The molecule has 2 aromatic carbocycles. The molecule has 0 aliphatic heterocycles. The van der Waals surface area contributed by atoms with E-state index in [9.17, 15) is 4.79 Å². The highest BCUT2D eigenvalue weighted by molar-refractivity contribution is 6.01. The van der Waals surface area contributed by atoms with Crippen molar-refractivity contribution in [3.8, 4) is 11.5 Å². The maximum absolute atomic E-state index is 12.5. The molecule has 0 unspecified atom stereocenters. The van der Waals surface area contributed by atoms with Gasteiger partial charge in [0.15, 0.2) is 5.75 Å². The van der Waals surface area contributed by atoms with Crippen LogP contribution in [-0.2, 0) is 4.74 Å². The van der Waals surface area contributed by atoms with Crippen LogP contribution in [0.5, 0.6) is 11.5 Å². The van der Waals surface area contributed by atoms with E-state index in [2.05, 4.69) is 5.32 Å². The molecule has 5 nitrogen and oxygen atoms in total. The number of rotatable bonds is 8. The van der Waals surface area contributed by atoms with Gasteiger partial charge in [-0.25, -0.2) is 4.79 Å². The van der Waals surface area contributed by atoms with Crippen molar-refractivity contribution in [1.82, 2.24) is 0 Å². The summed E-state index contributed by atoms with van der Waals surface area (Å²) in [6.07, 6.45) is 5.82. The van der Waals surface area contributed by atoms with Crippen LogP contribution < -0.4 is 14.8 Å². The standard InChI is InChI=1S/C23H27NO4/c1-16(2)13-14-24-21-19(26-3)15-18(12-11-17-9-7-6-8-10-17)20(22(21)27-4)23(25)28-5/h6-13,15,24H,14H2,1-5H3/b12-11+. The SMILES string of the molecule is COC(=O)c1c(/C=C/c2ccccc2)cc(OC)c(NCC=C(C)C)c1OC. The molecular formula is C23H27NO4. The summed E-state index contributed by atoms with van der Waals surface area (Å²) in [5, 5.41) is 3.28. The fraction of sp³-hybridized carbons (Fsp3) is 0.261. The largest absolute Gasteiger partial charge is 0.494 e. The molecule has 0 bridgehead atoms. The molecule has 0 saturated heterocycles. The van der Waals surface area contributed by atoms with Gasteiger partial charge in [-0.1, -0.05) is 54.1 Å². The van der Waals surface area contributed by atoms with Gasteiger partial charge >= 0.3 is 5.97 Å². The minimum Gasteiger partial charge on any atom is -0.494 e. The van der Waals surface area contributed by atoms with Crippen LogP contribution in [0.15, 0.2) is 48.0 Å². The average Bonchev–Trinajstić information content (AvgIpc) is 2.71. The quantitative estimate of drug-likeness (QED) is 0.394. The van der Waals surface area contributed by atoms with Gasteiger partial charge in [-0.05, 0) is 31.0 Å². The lowest BCUT2D eigenvalue weighted by molar-refractivity contribution is 0.0597. The van der Waals surface area contributed by atoms with Gasteiger partial charge in [-0.2, -0.15) is 0 Å². The summed E-state index contributed by atoms with van der Waals surface area (Å²) in [5.41, 5.74) is 3.80. The van der Waals surface area contributed by atoms with Gasteiger partial charge in [-0.3, -0.25) is 0 Å². The van der Waals surface area contributed by atoms with Crippen LogP contribution in [0.3, 0.4) is 0 Å². The summed E-state index contributed by atoms with van der Waals surface area (Å²) in [7, 11) is 4.47. The highest BCUT2D eigenvalue weighted by atomic mass is 16.5. The van der Waals surface area contributed by atoms with E-state index in [1.54, 1.807) is 13.2 Å². The first-order valence-electron chi connectivity index (χ1n) is 8.99. The van der Waals surface area contributed by atoms with E-state index in [4.69, 9.17) is 14.2 Å². The second kappa shape index (κ2) is 10.2. The molecule has 2 rings (SSSR count). The van der Waals surface area contributed by atoms with Crippen LogP contribution in [0.4, 0.5) is 5.69 Å². The first kappa shape index (κ1) is 21.1. The monoisotopic (exact) mass is 381 g/mol. The molecule has 0 atom stereocenters. The lowest BCUT2D eigenvalue weighted by Gasteiger charge is -2.19. The molecule has 0 spiro atoms. The fourth-order valence-electron chi connectivity index (χ4n) is 2.74. The zero-order valence-electron chi connectivity index (χ0n) is 17.0. The maximum atomic E-state index is 12.5. The van der Waals surface area contributed by atoms with Crippen molar-refractivity contribution in [1.29, 1.82) is 0 Å². The van der Waals surface area contributed by atoms with Crippen molar-refractivity contribution in [2.24, 2.45) is 0 Å². The normalized spacial score (nSPS) is 10.5. The third-order valence-electron chi connectivity index (χ3n) is 4.13. The Morgan fingerprint density at radius 3 is 2.32 bits per heavy atom. The van der Waals surface area contributed by atoms with Gasteiger partial charge < -0.3 is 19.5 Å². The molecule has 148 valence electrons. The Bertz CT molecular complexity index is 866. The number of hydrogen-bond donors (Lipinski definition) is 1. The highest BCUT2D eigenvalue weighted by Crippen LogP contribution is 2.41. The Balaban J connectivity index is 2.59. The number of nitrogens with one attached hydrogen (secondary N) is 1. The third-order valence-corrected chi connectivity index (χ3v) is 4.13. The molecule has 28 heavy (non-hydrogen) atoms. The number of esters is 1. The molecule has 2 aromatic rings. The van der Waals surface area contributed by atoms with Gasteiger partial charge in [0, 0.05) is 6.54 Å². The van der Waals surface area contributed by atoms with E-state index in [-0.39, 0.29) is 0 Å². The summed E-state index contributed by atoms with van der Waals surface area (Å²) in [5.74, 6) is 0.498. The minimum absolute atomic E-state index is 0.345. The predicted octanol–water partition coefficient (Wildman–Crippen LogP) is 5.04. The Morgan fingerprint density at radius 2 is 1.75 bits per heavy atom. The second-order valence-corrected chi connectivity index (χ2v) is 6.35. The Labute approximate surface area is 166 Å². The topological polar surface area (TPSA) is 56.8 Å². The number of benzene rings is 2. The van der Waals surface area contributed by atoms with Crippen molar-refractivity contribution in [2.75, 3.05) is 33.2 Å². The molecule has 5 heteroatoms. The third kappa shape index (κ3) is 5.16. The van der Waals surface area contributed by atoms with Crippen molar-refractivity contribution in [3.05, 3.63) is 64.7 Å². The molecule has 0 heterocycles. The van der Waals surface area contributed by atoms with Gasteiger partial charge in [0.2, 0.25) is 0 Å². The van der Waals surface area contributed by atoms with Crippen molar-refractivity contribution >= 4 is 23.8 Å². The van der Waals surface area contributed by atoms with E-state index in [1.807, 2.05) is 62.4 Å². The number of carbonyl (C=O) groups excluding carboxylic acids is 1. The Hall–Kier alpha value is -3.21. The predicted molar refractivity (Wildman–Crippen MR) is 114 cm³/mol. The van der Waals surface area contributed by atoms with Gasteiger partial charge in [0.25, 0.3) is 0 Å². The van der Waals surface area contributed by atoms with Crippen LogP contribution in [0.1, 0.15) is 35.3 Å². The zero-order chi connectivity index (χ0) is 20.5. The van der Waals surface area contributed by atoms with Crippen molar-refractivity contribution in [3.63, 3.8) is 0 Å². The van der Waals surface area contributed by atoms with E-state index < -0.39 is 5.97 Å². The average molecular weight is 381 g/mol. The van der Waals surface area contributed by atoms with E-state index in [0.717, 1.165) is 5.56 Å². The molecule has 0 fully saturated rings. The molecule has 0 saturated carbocycles. The smallest absolute Gasteiger partial charge is 0.342 e. The first-order valence-corrected chi connectivity index (χ1v) is 8.99. The number of anilines is 1. The van der Waals surface area contributed by atoms with Gasteiger partial charge in [0.05, 0.1) is 21.3 Å². The lowest BCUT2D eigenvalue weighted by atomic mass is 10.0. The summed E-state index contributed by atoms with van der Waals surface area (Å²) in [6.45, 7) is 4.62.